The van der Waals surface area contributed by atoms with E-state index < -0.39 is 22.5 Å². The number of aliphatic imine (C=N–C) groups is 1. The molecule has 0 spiro atoms. The third-order valence-electron chi connectivity index (χ3n) is 6.48. The molecule has 0 amide bonds. The lowest BCUT2D eigenvalue weighted by atomic mass is 10.1. The summed E-state index contributed by atoms with van der Waals surface area (Å²) < 4.78 is 55.3. The van der Waals surface area contributed by atoms with Crippen molar-refractivity contribution in [3.05, 3.63) is 77.0 Å². The maximum atomic E-state index is 14.0. The zero-order chi connectivity index (χ0) is 26.0. The fourth-order valence-electron chi connectivity index (χ4n) is 4.76. The first-order valence-electron chi connectivity index (χ1n) is 11.4. The molecule has 2 aliphatic heterocycles. The van der Waals surface area contributed by atoms with Crippen molar-refractivity contribution >= 4 is 39.7 Å². The number of benzene rings is 2. The minimum atomic E-state index is -4.41. The second-order valence-corrected chi connectivity index (χ2v) is 11.4. The van der Waals surface area contributed by atoms with E-state index >= 15 is 0 Å². The smallest absolute Gasteiger partial charge is 0.331 e. The number of hydrogen-bond acceptors (Lipinski definition) is 4. The van der Waals surface area contributed by atoms with Crippen LogP contribution in [0.15, 0.2) is 69.5 Å². The van der Waals surface area contributed by atoms with Gasteiger partial charge in [-0.05, 0) is 50.6 Å². The van der Waals surface area contributed by atoms with Gasteiger partial charge in [-0.3, -0.25) is 0 Å². The molecule has 0 radical (unpaired) electrons. The summed E-state index contributed by atoms with van der Waals surface area (Å²) in [5, 5.41) is 0.536. The highest BCUT2D eigenvalue weighted by Crippen LogP contribution is 2.43. The average molecular weight is 531 g/mol. The number of rotatable bonds is 4. The molecule has 0 saturated heterocycles. The summed E-state index contributed by atoms with van der Waals surface area (Å²) in [5.74, 6) is 0.740. The Bertz CT molecular complexity index is 1410. The van der Waals surface area contributed by atoms with Gasteiger partial charge in [0.15, 0.2) is 0 Å². The molecule has 0 aliphatic carbocycles. The van der Waals surface area contributed by atoms with Crippen LogP contribution in [0.25, 0.3) is 0 Å². The number of guanidine groups is 1. The summed E-state index contributed by atoms with van der Waals surface area (Å²) in [6.07, 6.45) is -4.41. The van der Waals surface area contributed by atoms with Crippen molar-refractivity contribution in [2.75, 3.05) is 18.5 Å². The van der Waals surface area contributed by atoms with Gasteiger partial charge in [-0.2, -0.15) is 13.2 Å². The summed E-state index contributed by atoms with van der Waals surface area (Å²) in [6.45, 7) is 6.91. The first-order valence-corrected chi connectivity index (χ1v) is 13.0. The molecule has 3 heterocycles. The third-order valence-corrected chi connectivity index (χ3v) is 8.43. The minimum Gasteiger partial charge on any atom is -0.331 e. The first-order chi connectivity index (χ1) is 16.9. The highest BCUT2D eigenvalue weighted by molar-refractivity contribution is 7.85. The summed E-state index contributed by atoms with van der Waals surface area (Å²) in [7, 11) is 0.278. The van der Waals surface area contributed by atoms with E-state index in [1.807, 2.05) is 55.5 Å². The SMILES string of the molecule is Cc1c2c(c(S(=O)c3ccccc3)n1Cc1ccc(C(F)(F)F)cc1)C(=S)N(C)C1=NC(C)(C)CN12. The summed E-state index contributed by atoms with van der Waals surface area (Å²) in [4.78, 5) is 9.96. The fraction of sp³-hybridized carbons (Fsp3) is 0.308. The molecule has 0 saturated carbocycles. The number of fused-ring (bicyclic) bond motifs is 3. The van der Waals surface area contributed by atoms with Gasteiger partial charge in [-0.15, -0.1) is 0 Å². The predicted molar refractivity (Wildman–Crippen MR) is 139 cm³/mol. The quantitative estimate of drug-likeness (QED) is 0.412. The fourth-order valence-corrected chi connectivity index (χ4v) is 6.51. The van der Waals surface area contributed by atoms with Gasteiger partial charge >= 0.3 is 6.18 Å². The molecular weight excluding hydrogens is 505 g/mol. The second kappa shape index (κ2) is 8.55. The molecule has 10 heteroatoms. The van der Waals surface area contributed by atoms with Crippen molar-refractivity contribution in [2.45, 2.75) is 49.0 Å². The van der Waals surface area contributed by atoms with E-state index in [4.69, 9.17) is 17.2 Å². The Morgan fingerprint density at radius 3 is 2.33 bits per heavy atom. The van der Waals surface area contributed by atoms with E-state index in [9.17, 15) is 17.4 Å². The van der Waals surface area contributed by atoms with Gasteiger partial charge in [0, 0.05) is 24.2 Å². The molecule has 5 rings (SSSR count). The molecule has 36 heavy (non-hydrogen) atoms. The maximum absolute atomic E-state index is 14.0. The Morgan fingerprint density at radius 2 is 1.72 bits per heavy atom. The Balaban J connectivity index is 1.69. The number of thiocarbonyl (C=S) groups is 1. The second-order valence-electron chi connectivity index (χ2n) is 9.65. The molecule has 0 fully saturated rings. The highest BCUT2D eigenvalue weighted by Gasteiger charge is 2.44. The van der Waals surface area contributed by atoms with Gasteiger partial charge in [0.05, 0.1) is 28.9 Å². The standard InChI is InChI=1S/C26H25F3N4OS2/c1-16-21-20(22(35)31(4)24-30-25(2,3)15-33(21)24)23(36(34)19-8-6-5-7-9-19)32(16)14-17-10-12-18(13-11-17)26(27,28)29/h5-13H,14-15H2,1-4H3. The lowest BCUT2D eigenvalue weighted by Gasteiger charge is -2.34. The Kier molecular flexibility index (Phi) is 5.87. The van der Waals surface area contributed by atoms with E-state index in [2.05, 4.69) is 4.90 Å². The normalized spacial score (nSPS) is 17.6. The van der Waals surface area contributed by atoms with Gasteiger partial charge in [0.1, 0.15) is 20.8 Å². The van der Waals surface area contributed by atoms with Crippen molar-refractivity contribution < 1.29 is 17.4 Å². The number of halogens is 3. The van der Waals surface area contributed by atoms with Gasteiger partial charge in [-0.1, -0.05) is 42.5 Å². The molecule has 2 aromatic carbocycles. The Morgan fingerprint density at radius 1 is 1.08 bits per heavy atom. The van der Waals surface area contributed by atoms with Crippen molar-refractivity contribution in [1.29, 1.82) is 0 Å². The van der Waals surface area contributed by atoms with Crippen molar-refractivity contribution in [2.24, 2.45) is 4.99 Å². The maximum Gasteiger partial charge on any atom is 0.416 e. The van der Waals surface area contributed by atoms with Crippen molar-refractivity contribution in [1.82, 2.24) is 9.47 Å². The summed E-state index contributed by atoms with van der Waals surface area (Å²) >= 11 is 5.88. The predicted octanol–water partition coefficient (Wildman–Crippen LogP) is 5.61. The molecule has 0 N–H and O–H groups in total. The molecule has 1 atom stereocenters. The van der Waals surface area contributed by atoms with Gasteiger partial charge in [-0.25, -0.2) is 9.20 Å². The molecule has 1 aromatic heterocycles. The monoisotopic (exact) mass is 530 g/mol. The van der Waals surface area contributed by atoms with Crippen LogP contribution in [0.4, 0.5) is 18.9 Å². The number of nitrogens with zero attached hydrogens (tertiary/aromatic N) is 4. The van der Waals surface area contributed by atoms with Crippen molar-refractivity contribution in [3.63, 3.8) is 0 Å². The summed E-state index contributed by atoms with van der Waals surface area (Å²) in [6, 6.07) is 14.2. The highest BCUT2D eigenvalue weighted by atomic mass is 32.2. The molecular formula is C26H25F3N4OS2. The topological polar surface area (TPSA) is 40.8 Å². The van der Waals surface area contributed by atoms with E-state index in [-0.39, 0.29) is 12.1 Å². The lowest BCUT2D eigenvalue weighted by Crippen LogP contribution is -2.48. The van der Waals surface area contributed by atoms with Crippen molar-refractivity contribution in [3.8, 4) is 0 Å². The van der Waals surface area contributed by atoms with Crippen LogP contribution < -0.4 is 4.90 Å². The van der Waals surface area contributed by atoms with Crippen LogP contribution in [0.1, 0.15) is 36.2 Å². The van der Waals surface area contributed by atoms with E-state index in [0.717, 1.165) is 29.5 Å². The van der Waals surface area contributed by atoms with Crippen LogP contribution in [0, 0.1) is 6.92 Å². The minimum absolute atomic E-state index is 0.251. The van der Waals surface area contributed by atoms with Gasteiger partial charge in [0.2, 0.25) is 5.96 Å². The van der Waals surface area contributed by atoms with Crippen LogP contribution >= 0.6 is 12.2 Å². The van der Waals surface area contributed by atoms with E-state index in [1.54, 1.807) is 12.1 Å². The number of aromatic nitrogens is 1. The summed E-state index contributed by atoms with van der Waals surface area (Å²) in [5.41, 5.74) is 2.03. The zero-order valence-electron chi connectivity index (χ0n) is 20.3. The number of hydrogen-bond donors (Lipinski definition) is 0. The Hall–Kier alpha value is -2.98. The molecule has 5 nitrogen and oxygen atoms in total. The van der Waals surface area contributed by atoms with Crippen LogP contribution in [0.5, 0.6) is 0 Å². The molecule has 1 unspecified atom stereocenters. The van der Waals surface area contributed by atoms with Gasteiger partial charge in [0.25, 0.3) is 0 Å². The van der Waals surface area contributed by atoms with Crippen LogP contribution in [-0.2, 0) is 23.5 Å². The lowest BCUT2D eigenvalue weighted by molar-refractivity contribution is -0.137. The van der Waals surface area contributed by atoms with Crippen LogP contribution in [-0.4, -0.2) is 43.8 Å². The Labute approximate surface area is 215 Å². The number of anilines is 1. The average Bonchev–Trinajstić information content (AvgIpc) is 3.30. The van der Waals surface area contributed by atoms with Crippen LogP contribution in [0.2, 0.25) is 0 Å². The zero-order valence-corrected chi connectivity index (χ0v) is 21.9. The molecule has 2 aliphatic rings. The van der Waals surface area contributed by atoms with Crippen LogP contribution in [0.3, 0.4) is 0 Å². The van der Waals surface area contributed by atoms with E-state index in [0.29, 0.717) is 32.6 Å². The molecule has 0 bridgehead atoms. The van der Waals surface area contributed by atoms with E-state index in [1.165, 1.54) is 12.1 Å². The largest absolute Gasteiger partial charge is 0.416 e. The molecule has 188 valence electrons. The molecule has 3 aromatic rings. The number of alkyl halides is 3. The third kappa shape index (κ3) is 4.06. The first kappa shape index (κ1) is 24.7. The van der Waals surface area contributed by atoms with Gasteiger partial charge < -0.3 is 14.4 Å².